The van der Waals surface area contributed by atoms with E-state index in [1.165, 1.54) is 37.4 Å². The van der Waals surface area contributed by atoms with Crippen LogP contribution in [0, 0.1) is 0 Å². The summed E-state index contributed by atoms with van der Waals surface area (Å²) in [7, 11) is 0. The Bertz CT molecular complexity index is 802. The van der Waals surface area contributed by atoms with Gasteiger partial charge in [0.15, 0.2) is 11.0 Å². The van der Waals surface area contributed by atoms with Crippen LogP contribution < -0.4 is 10.1 Å². The number of thioether (sulfide) groups is 1. The lowest BCUT2D eigenvalue weighted by Gasteiger charge is -2.16. The molecule has 0 atom stereocenters. The highest BCUT2D eigenvalue weighted by Crippen LogP contribution is 2.21. The molecule has 8 heteroatoms. The molecule has 1 aromatic heterocycles. The van der Waals surface area contributed by atoms with Gasteiger partial charge in [0.05, 0.1) is 5.75 Å². The van der Waals surface area contributed by atoms with Crippen molar-refractivity contribution in [2.75, 3.05) is 5.75 Å². The van der Waals surface area contributed by atoms with Crippen LogP contribution in [0.15, 0.2) is 42.1 Å². The van der Waals surface area contributed by atoms with Gasteiger partial charge >= 0.3 is 0 Å². The van der Waals surface area contributed by atoms with Crippen LogP contribution in [0.25, 0.3) is 0 Å². The second-order valence-electron chi connectivity index (χ2n) is 7.09. The molecule has 6 nitrogen and oxygen atoms in total. The van der Waals surface area contributed by atoms with Crippen molar-refractivity contribution in [3.05, 3.63) is 47.8 Å². The fraction of sp³-hybridized carbons (Fsp3) is 0.476. The Hall–Kier alpha value is -1.99. The first-order valence-corrected chi connectivity index (χ1v) is 11.4. The molecule has 1 heterocycles. The van der Waals surface area contributed by atoms with Gasteiger partial charge in [-0.3, -0.25) is 9.36 Å². The van der Waals surface area contributed by atoms with Gasteiger partial charge in [0.2, 0.25) is 5.91 Å². The molecule has 2 aromatic rings. The average molecular weight is 435 g/mol. The van der Waals surface area contributed by atoms with E-state index in [4.69, 9.17) is 16.3 Å². The number of ether oxygens (including phenoxy) is 1. The Morgan fingerprint density at radius 1 is 1.24 bits per heavy atom. The van der Waals surface area contributed by atoms with E-state index in [1.54, 1.807) is 18.2 Å². The van der Waals surface area contributed by atoms with E-state index in [9.17, 15) is 4.79 Å². The van der Waals surface area contributed by atoms with Gasteiger partial charge in [-0.15, -0.1) is 16.8 Å². The van der Waals surface area contributed by atoms with Crippen LogP contribution in [0.4, 0.5) is 0 Å². The van der Waals surface area contributed by atoms with E-state index in [0.29, 0.717) is 40.1 Å². The number of aromatic nitrogens is 3. The van der Waals surface area contributed by atoms with Crippen molar-refractivity contribution < 1.29 is 9.53 Å². The number of benzene rings is 1. The fourth-order valence-electron chi connectivity index (χ4n) is 3.35. The summed E-state index contributed by atoms with van der Waals surface area (Å²) in [5.74, 6) is 1.77. The number of hydrogen-bond donors (Lipinski definition) is 1. The van der Waals surface area contributed by atoms with Crippen molar-refractivity contribution >= 4 is 29.3 Å². The van der Waals surface area contributed by atoms with Crippen molar-refractivity contribution in [3.8, 4) is 5.75 Å². The molecule has 0 unspecified atom stereocenters. The van der Waals surface area contributed by atoms with E-state index in [0.717, 1.165) is 12.8 Å². The van der Waals surface area contributed by atoms with Crippen LogP contribution in [0.2, 0.25) is 5.02 Å². The summed E-state index contributed by atoms with van der Waals surface area (Å²) in [6, 6.07) is 7.48. The minimum atomic E-state index is 0.0500. The molecule has 1 aliphatic carbocycles. The first-order chi connectivity index (χ1) is 14.2. The summed E-state index contributed by atoms with van der Waals surface area (Å²) in [5, 5.41) is 13.0. The maximum Gasteiger partial charge on any atom is 0.230 e. The van der Waals surface area contributed by atoms with Crippen LogP contribution in [-0.4, -0.2) is 32.5 Å². The zero-order chi connectivity index (χ0) is 20.5. The number of allylic oxidation sites excluding steroid dienone is 1. The Balaban J connectivity index is 1.55. The molecular weight excluding hydrogens is 408 g/mol. The molecular formula is C21H27ClN4O2S. The average Bonchev–Trinajstić information content (AvgIpc) is 2.91. The van der Waals surface area contributed by atoms with Gasteiger partial charge in [-0.2, -0.15) is 0 Å². The lowest BCUT2D eigenvalue weighted by atomic mass is 10.1. The van der Waals surface area contributed by atoms with Gasteiger partial charge in [0, 0.05) is 17.6 Å². The van der Waals surface area contributed by atoms with E-state index in [2.05, 4.69) is 22.1 Å². The summed E-state index contributed by atoms with van der Waals surface area (Å²) in [5.41, 5.74) is 0. The highest BCUT2D eigenvalue weighted by Gasteiger charge is 2.17. The van der Waals surface area contributed by atoms with Crippen LogP contribution in [-0.2, 0) is 17.9 Å². The van der Waals surface area contributed by atoms with E-state index >= 15 is 0 Å². The van der Waals surface area contributed by atoms with Crippen molar-refractivity contribution in [2.24, 2.45) is 0 Å². The molecule has 1 N–H and O–H groups in total. The molecule has 1 amide bonds. The number of nitrogens with one attached hydrogen (secondary N) is 1. The first-order valence-electron chi connectivity index (χ1n) is 9.99. The minimum absolute atomic E-state index is 0.0500. The van der Waals surface area contributed by atoms with Gasteiger partial charge < -0.3 is 10.1 Å². The van der Waals surface area contributed by atoms with Crippen molar-refractivity contribution in [1.29, 1.82) is 0 Å². The summed E-state index contributed by atoms with van der Waals surface area (Å²) >= 11 is 7.29. The molecule has 156 valence electrons. The lowest BCUT2D eigenvalue weighted by Crippen LogP contribution is -2.35. The maximum atomic E-state index is 12.4. The Morgan fingerprint density at radius 3 is 2.66 bits per heavy atom. The van der Waals surface area contributed by atoms with Gasteiger partial charge in [-0.25, -0.2) is 0 Å². The second kappa shape index (κ2) is 11.3. The predicted molar refractivity (Wildman–Crippen MR) is 116 cm³/mol. The van der Waals surface area contributed by atoms with Crippen LogP contribution >= 0.6 is 23.4 Å². The number of amides is 1. The molecule has 0 aliphatic heterocycles. The molecule has 0 spiro atoms. The minimum Gasteiger partial charge on any atom is -0.486 e. The third-order valence-electron chi connectivity index (χ3n) is 4.84. The molecule has 1 aliphatic rings. The molecule has 0 radical (unpaired) electrons. The number of carbonyl (C=O) groups is 1. The van der Waals surface area contributed by atoms with Crippen molar-refractivity contribution in [2.45, 2.75) is 62.9 Å². The highest BCUT2D eigenvalue weighted by molar-refractivity contribution is 7.99. The van der Waals surface area contributed by atoms with E-state index in [1.807, 2.05) is 16.7 Å². The Kier molecular flexibility index (Phi) is 8.43. The first kappa shape index (κ1) is 21.7. The zero-order valence-corrected chi connectivity index (χ0v) is 18.1. The molecule has 0 bridgehead atoms. The molecule has 1 aromatic carbocycles. The predicted octanol–water partition coefficient (Wildman–Crippen LogP) is 4.63. The largest absolute Gasteiger partial charge is 0.486 e. The van der Waals surface area contributed by atoms with Crippen LogP contribution in [0.3, 0.4) is 0 Å². The molecule has 29 heavy (non-hydrogen) atoms. The van der Waals surface area contributed by atoms with Gasteiger partial charge in [0.25, 0.3) is 0 Å². The van der Waals surface area contributed by atoms with Crippen molar-refractivity contribution in [3.63, 3.8) is 0 Å². The number of hydrogen-bond acceptors (Lipinski definition) is 5. The summed E-state index contributed by atoms with van der Waals surface area (Å²) in [6.07, 6.45) is 8.88. The van der Waals surface area contributed by atoms with E-state index < -0.39 is 0 Å². The fourth-order valence-corrected chi connectivity index (χ4v) is 4.25. The third-order valence-corrected chi connectivity index (χ3v) is 6.06. The normalized spacial score (nSPS) is 14.9. The van der Waals surface area contributed by atoms with Gasteiger partial charge in [0.1, 0.15) is 12.4 Å². The summed E-state index contributed by atoms with van der Waals surface area (Å²) < 4.78 is 7.70. The van der Waals surface area contributed by atoms with Gasteiger partial charge in [-0.1, -0.05) is 55.1 Å². The highest BCUT2D eigenvalue weighted by atomic mass is 35.5. The summed E-state index contributed by atoms with van der Waals surface area (Å²) in [6.45, 7) is 4.64. The molecule has 0 saturated heterocycles. The number of rotatable bonds is 9. The standard InChI is InChI=1S/C21H27ClN4O2S/c1-2-13-26-19(14-28-18-11-9-16(22)10-12-18)24-25-21(26)29-15-20(27)23-17-7-5-3-4-6-8-17/h2,9-12,17H,1,3-8,13-15H2,(H,23,27). The quantitative estimate of drug-likeness (QED) is 0.354. The van der Waals surface area contributed by atoms with E-state index in [-0.39, 0.29) is 12.5 Å². The third kappa shape index (κ3) is 6.78. The van der Waals surface area contributed by atoms with Crippen LogP contribution in [0.1, 0.15) is 44.3 Å². The second-order valence-corrected chi connectivity index (χ2v) is 8.46. The molecule has 1 saturated carbocycles. The van der Waals surface area contributed by atoms with Crippen molar-refractivity contribution in [1.82, 2.24) is 20.1 Å². The molecule has 1 fully saturated rings. The van der Waals surface area contributed by atoms with Gasteiger partial charge in [-0.05, 0) is 37.1 Å². The van der Waals surface area contributed by atoms with Crippen LogP contribution in [0.5, 0.6) is 5.75 Å². The monoisotopic (exact) mass is 434 g/mol. The Labute approximate surface area is 181 Å². The smallest absolute Gasteiger partial charge is 0.230 e. The SMILES string of the molecule is C=CCn1c(COc2ccc(Cl)cc2)nnc1SCC(=O)NC1CCCCCC1. The number of carbonyl (C=O) groups excluding carboxylic acids is 1. The summed E-state index contributed by atoms with van der Waals surface area (Å²) in [4.78, 5) is 12.4. The topological polar surface area (TPSA) is 69.0 Å². The lowest BCUT2D eigenvalue weighted by molar-refractivity contribution is -0.119. The molecule has 3 rings (SSSR count). The number of nitrogens with zero attached hydrogens (tertiary/aromatic N) is 3. The zero-order valence-electron chi connectivity index (χ0n) is 16.5. The Morgan fingerprint density at radius 2 is 1.97 bits per heavy atom. The maximum absolute atomic E-state index is 12.4. The number of halogens is 1.